The maximum atomic E-state index is 14.0. The van der Waals surface area contributed by atoms with Gasteiger partial charge < -0.3 is 0 Å². The van der Waals surface area contributed by atoms with E-state index in [-0.39, 0.29) is 6.54 Å². The third-order valence-corrected chi connectivity index (χ3v) is 4.30. The van der Waals surface area contributed by atoms with Crippen LogP contribution in [0.25, 0.3) is 0 Å². The number of imide groups is 1. The lowest BCUT2D eigenvalue weighted by Gasteiger charge is -2.21. The van der Waals surface area contributed by atoms with E-state index in [1.807, 2.05) is 6.92 Å². The fraction of sp³-hybridized carbons (Fsp3) is 0.333. The van der Waals surface area contributed by atoms with Crippen LogP contribution in [0.15, 0.2) is 36.4 Å². The highest BCUT2D eigenvalue weighted by atomic mass is 19.1. The first-order chi connectivity index (χ1) is 13.3. The standard InChI is InChI=1S/C21H21F4NO2/c1-2-3-4-5-6-11-26(20(27)16-9-7-14(22)12-18(16)24)21(28)17-10-8-15(23)13-19(17)25/h7-10,12-13H,2-6,11H2,1H3. The van der Waals surface area contributed by atoms with Gasteiger partial charge in [-0.15, -0.1) is 0 Å². The quantitative estimate of drug-likeness (QED) is 0.336. The molecule has 0 radical (unpaired) electrons. The highest BCUT2D eigenvalue weighted by Crippen LogP contribution is 2.18. The second-order valence-corrected chi connectivity index (χ2v) is 6.42. The monoisotopic (exact) mass is 395 g/mol. The molecular weight excluding hydrogens is 374 g/mol. The Labute approximate surface area is 161 Å². The number of carbonyl (C=O) groups excluding carboxylic acids is 2. The van der Waals surface area contributed by atoms with E-state index < -0.39 is 46.2 Å². The summed E-state index contributed by atoms with van der Waals surface area (Å²) in [5, 5.41) is 0. The zero-order valence-corrected chi connectivity index (χ0v) is 15.5. The Kier molecular flexibility index (Phi) is 7.72. The van der Waals surface area contributed by atoms with Gasteiger partial charge in [-0.25, -0.2) is 17.6 Å². The van der Waals surface area contributed by atoms with Crippen molar-refractivity contribution in [2.75, 3.05) is 6.54 Å². The van der Waals surface area contributed by atoms with Crippen LogP contribution in [0.4, 0.5) is 17.6 Å². The van der Waals surface area contributed by atoms with Crippen molar-refractivity contribution in [1.29, 1.82) is 0 Å². The summed E-state index contributed by atoms with van der Waals surface area (Å²) in [4.78, 5) is 26.2. The molecule has 0 N–H and O–H groups in total. The number of rotatable bonds is 8. The highest BCUT2D eigenvalue weighted by Gasteiger charge is 2.28. The maximum Gasteiger partial charge on any atom is 0.263 e. The molecule has 7 heteroatoms. The summed E-state index contributed by atoms with van der Waals surface area (Å²) in [7, 11) is 0. The molecule has 2 amide bonds. The van der Waals surface area contributed by atoms with Crippen molar-refractivity contribution in [2.24, 2.45) is 0 Å². The molecule has 0 atom stereocenters. The van der Waals surface area contributed by atoms with E-state index in [1.165, 1.54) is 0 Å². The summed E-state index contributed by atoms with van der Waals surface area (Å²) in [6.45, 7) is 1.98. The van der Waals surface area contributed by atoms with Gasteiger partial charge in [0.25, 0.3) is 11.8 Å². The van der Waals surface area contributed by atoms with Crippen molar-refractivity contribution < 1.29 is 27.2 Å². The molecule has 0 aliphatic carbocycles. The van der Waals surface area contributed by atoms with Gasteiger partial charge in [0.2, 0.25) is 0 Å². The van der Waals surface area contributed by atoms with Gasteiger partial charge in [0.15, 0.2) is 0 Å². The van der Waals surface area contributed by atoms with Gasteiger partial charge in [-0.2, -0.15) is 0 Å². The molecule has 0 saturated heterocycles. The molecule has 28 heavy (non-hydrogen) atoms. The smallest absolute Gasteiger partial charge is 0.263 e. The number of benzene rings is 2. The topological polar surface area (TPSA) is 37.4 Å². The zero-order chi connectivity index (χ0) is 20.7. The molecule has 0 aliphatic rings. The molecule has 0 spiro atoms. The zero-order valence-electron chi connectivity index (χ0n) is 15.5. The Bertz CT molecular complexity index is 791. The van der Waals surface area contributed by atoms with Crippen LogP contribution in [0.5, 0.6) is 0 Å². The van der Waals surface area contributed by atoms with Gasteiger partial charge in [-0.3, -0.25) is 14.5 Å². The van der Waals surface area contributed by atoms with Gasteiger partial charge in [0.05, 0.1) is 11.1 Å². The number of carbonyl (C=O) groups is 2. The summed E-state index contributed by atoms with van der Waals surface area (Å²) in [5.41, 5.74) is -0.989. The summed E-state index contributed by atoms with van der Waals surface area (Å²) < 4.78 is 54.3. The Morgan fingerprint density at radius 1 is 0.750 bits per heavy atom. The first-order valence-corrected chi connectivity index (χ1v) is 9.11. The van der Waals surface area contributed by atoms with Crippen LogP contribution in [0.3, 0.4) is 0 Å². The van der Waals surface area contributed by atoms with Crippen LogP contribution < -0.4 is 0 Å². The van der Waals surface area contributed by atoms with Crippen molar-refractivity contribution in [2.45, 2.75) is 39.0 Å². The normalized spacial score (nSPS) is 10.8. The lowest BCUT2D eigenvalue weighted by Crippen LogP contribution is -2.38. The molecule has 2 aromatic carbocycles. The van der Waals surface area contributed by atoms with Crippen molar-refractivity contribution in [1.82, 2.24) is 4.90 Å². The molecule has 0 fully saturated rings. The molecule has 0 unspecified atom stereocenters. The van der Waals surface area contributed by atoms with Crippen molar-refractivity contribution >= 4 is 11.8 Å². The Balaban J connectivity index is 2.29. The fourth-order valence-electron chi connectivity index (χ4n) is 2.79. The third-order valence-electron chi connectivity index (χ3n) is 4.30. The molecule has 0 aliphatic heterocycles. The van der Waals surface area contributed by atoms with Gasteiger partial charge in [0.1, 0.15) is 23.3 Å². The lowest BCUT2D eigenvalue weighted by molar-refractivity contribution is 0.0608. The van der Waals surface area contributed by atoms with E-state index >= 15 is 0 Å². The van der Waals surface area contributed by atoms with Gasteiger partial charge in [-0.05, 0) is 30.7 Å². The van der Waals surface area contributed by atoms with Gasteiger partial charge >= 0.3 is 0 Å². The van der Waals surface area contributed by atoms with E-state index in [2.05, 4.69) is 0 Å². The second kappa shape index (κ2) is 10.0. The molecular formula is C21H21F4NO2. The molecule has 150 valence electrons. The third kappa shape index (κ3) is 5.41. The summed E-state index contributed by atoms with van der Waals surface area (Å²) >= 11 is 0. The van der Waals surface area contributed by atoms with E-state index in [0.29, 0.717) is 18.6 Å². The summed E-state index contributed by atoms with van der Waals surface area (Å²) in [6.07, 6.45) is 4.05. The first kappa shape index (κ1) is 21.6. The van der Waals surface area contributed by atoms with Gasteiger partial charge in [0, 0.05) is 18.7 Å². The summed E-state index contributed by atoms with van der Waals surface area (Å²) in [6, 6.07) is 4.75. The Morgan fingerprint density at radius 2 is 1.21 bits per heavy atom. The number of hydrogen-bond acceptors (Lipinski definition) is 2. The number of halogens is 4. The highest BCUT2D eigenvalue weighted by molar-refractivity contribution is 6.10. The number of unbranched alkanes of at least 4 members (excludes halogenated alkanes) is 4. The van der Waals surface area contributed by atoms with Crippen LogP contribution >= 0.6 is 0 Å². The largest absolute Gasteiger partial charge is 0.274 e. The maximum absolute atomic E-state index is 14.0. The predicted molar refractivity (Wildman–Crippen MR) is 96.8 cm³/mol. The Hall–Kier alpha value is -2.70. The van der Waals surface area contributed by atoms with E-state index in [0.717, 1.165) is 54.8 Å². The van der Waals surface area contributed by atoms with Crippen LogP contribution in [-0.2, 0) is 0 Å². The summed E-state index contributed by atoms with van der Waals surface area (Å²) in [5.74, 6) is -5.96. The minimum atomic E-state index is -1.12. The van der Waals surface area contributed by atoms with Crippen LogP contribution in [0, 0.1) is 23.3 Å². The Morgan fingerprint density at radius 3 is 1.64 bits per heavy atom. The first-order valence-electron chi connectivity index (χ1n) is 9.11. The molecule has 0 aromatic heterocycles. The minimum absolute atomic E-state index is 0.0605. The molecule has 2 aromatic rings. The average Bonchev–Trinajstić information content (AvgIpc) is 2.64. The SMILES string of the molecule is CCCCCCCN(C(=O)c1ccc(F)cc1F)C(=O)c1ccc(F)cc1F. The van der Waals surface area contributed by atoms with E-state index in [1.54, 1.807) is 0 Å². The average molecular weight is 395 g/mol. The number of amides is 2. The molecule has 0 saturated carbocycles. The fourth-order valence-corrected chi connectivity index (χ4v) is 2.79. The van der Waals surface area contributed by atoms with Crippen molar-refractivity contribution in [3.63, 3.8) is 0 Å². The minimum Gasteiger partial charge on any atom is -0.274 e. The van der Waals surface area contributed by atoms with Crippen LogP contribution in [0.2, 0.25) is 0 Å². The van der Waals surface area contributed by atoms with Gasteiger partial charge in [-0.1, -0.05) is 32.6 Å². The van der Waals surface area contributed by atoms with Crippen LogP contribution in [0.1, 0.15) is 59.7 Å². The molecule has 0 heterocycles. The number of hydrogen-bond donors (Lipinski definition) is 0. The molecule has 0 bridgehead atoms. The van der Waals surface area contributed by atoms with Crippen molar-refractivity contribution in [3.05, 3.63) is 70.8 Å². The lowest BCUT2D eigenvalue weighted by atomic mass is 10.1. The van der Waals surface area contributed by atoms with Crippen LogP contribution in [-0.4, -0.2) is 23.3 Å². The van der Waals surface area contributed by atoms with E-state index in [9.17, 15) is 27.2 Å². The number of nitrogens with zero attached hydrogens (tertiary/aromatic N) is 1. The predicted octanol–water partition coefficient (Wildman–Crippen LogP) is 5.50. The van der Waals surface area contributed by atoms with E-state index in [4.69, 9.17) is 0 Å². The molecule has 2 rings (SSSR count). The second-order valence-electron chi connectivity index (χ2n) is 6.42. The van der Waals surface area contributed by atoms with Crippen molar-refractivity contribution in [3.8, 4) is 0 Å². The molecule has 3 nitrogen and oxygen atoms in total.